The minimum Gasteiger partial charge on any atom is -0.550 e. The van der Waals surface area contributed by atoms with E-state index in [2.05, 4.69) is 6.58 Å². The topological polar surface area (TPSA) is 80.3 Å². The van der Waals surface area contributed by atoms with Gasteiger partial charge in [-0.05, 0) is 32.6 Å². The van der Waals surface area contributed by atoms with Crippen LogP contribution in [0.1, 0.15) is 122 Å². The molecule has 0 saturated carbocycles. The lowest BCUT2D eigenvalue weighted by Crippen LogP contribution is -2.21. The van der Waals surface area contributed by atoms with Gasteiger partial charge in [0.2, 0.25) is 0 Å². The van der Waals surface area contributed by atoms with Crippen molar-refractivity contribution in [1.82, 2.24) is 0 Å². The van der Waals surface area contributed by atoms with Gasteiger partial charge in [0.25, 0.3) is 0 Å². The fourth-order valence-electron chi connectivity index (χ4n) is 3.01. The molecular formula is C23H42O4-2. The Morgan fingerprint density at radius 3 is 0.852 bits per heavy atom. The highest BCUT2D eigenvalue weighted by Crippen LogP contribution is 2.14. The van der Waals surface area contributed by atoms with Crippen LogP contribution in [0.25, 0.3) is 0 Å². The van der Waals surface area contributed by atoms with Gasteiger partial charge in [-0.1, -0.05) is 96.0 Å². The van der Waals surface area contributed by atoms with Crippen molar-refractivity contribution < 1.29 is 19.8 Å². The molecule has 4 nitrogen and oxygen atoms in total. The smallest absolute Gasteiger partial charge is 0.0414 e. The van der Waals surface area contributed by atoms with E-state index in [-0.39, 0.29) is 12.8 Å². The summed E-state index contributed by atoms with van der Waals surface area (Å²) in [5.74, 6) is -1.85. The molecule has 0 rings (SSSR count). The first-order valence-electron chi connectivity index (χ1n) is 11.0. The third kappa shape index (κ3) is 32.8. The van der Waals surface area contributed by atoms with Gasteiger partial charge in [0.05, 0.1) is 0 Å². The Labute approximate surface area is 167 Å². The molecule has 0 radical (unpaired) electrons. The number of aliphatic carboxylic acids is 2. The van der Waals surface area contributed by atoms with Crippen LogP contribution in [0, 0.1) is 0 Å². The quantitative estimate of drug-likeness (QED) is 0.239. The van der Waals surface area contributed by atoms with Crippen LogP contribution in [0.5, 0.6) is 0 Å². The molecule has 0 aliphatic carbocycles. The molecule has 0 aliphatic rings. The molecule has 0 amide bonds. The molecule has 27 heavy (non-hydrogen) atoms. The molecule has 0 N–H and O–H groups in total. The van der Waals surface area contributed by atoms with Crippen molar-refractivity contribution in [2.45, 2.75) is 122 Å². The molecule has 160 valence electrons. The van der Waals surface area contributed by atoms with E-state index in [0.29, 0.717) is 0 Å². The van der Waals surface area contributed by atoms with Crippen LogP contribution < -0.4 is 10.2 Å². The molecule has 0 heterocycles. The highest BCUT2D eigenvalue weighted by Gasteiger charge is 1.95. The number of hydrogen-bond donors (Lipinski definition) is 0. The summed E-state index contributed by atoms with van der Waals surface area (Å²) >= 11 is 0. The number of carboxylic acid groups (broad SMARTS) is 2. The molecule has 0 fully saturated rings. The lowest BCUT2D eigenvalue weighted by atomic mass is 10.0. The van der Waals surface area contributed by atoms with Crippen molar-refractivity contribution in [3.05, 3.63) is 12.7 Å². The number of hydrogen-bond acceptors (Lipinski definition) is 4. The van der Waals surface area contributed by atoms with Crippen molar-refractivity contribution in [2.75, 3.05) is 0 Å². The van der Waals surface area contributed by atoms with Gasteiger partial charge in [0.15, 0.2) is 0 Å². The van der Waals surface area contributed by atoms with Crippen LogP contribution >= 0.6 is 0 Å². The first-order chi connectivity index (χ1) is 13.0. The second-order valence-electron chi connectivity index (χ2n) is 7.31. The number of carbonyl (C=O) groups excluding carboxylic acids is 2. The summed E-state index contributed by atoms with van der Waals surface area (Å²) in [6, 6.07) is 0. The zero-order chi connectivity index (χ0) is 20.6. The summed E-state index contributed by atoms with van der Waals surface area (Å²) in [7, 11) is 0. The highest BCUT2D eigenvalue weighted by atomic mass is 16.4. The van der Waals surface area contributed by atoms with E-state index in [1.54, 1.807) is 6.08 Å². The highest BCUT2D eigenvalue weighted by molar-refractivity contribution is 5.64. The Hall–Kier alpha value is -1.32. The average molecular weight is 383 g/mol. The Balaban J connectivity index is 0. The summed E-state index contributed by atoms with van der Waals surface area (Å²) in [6.45, 7) is 5.25. The van der Waals surface area contributed by atoms with Crippen LogP contribution in [0.4, 0.5) is 0 Å². The van der Waals surface area contributed by atoms with Gasteiger partial charge in [0, 0.05) is 11.9 Å². The third-order valence-corrected chi connectivity index (χ3v) is 4.51. The van der Waals surface area contributed by atoms with Gasteiger partial charge in [-0.25, -0.2) is 0 Å². The SMILES string of the molecule is C=CC.O=C([O-])CCCCCCCCCCCCCCCCCCC(=O)[O-]. The molecule has 0 spiro atoms. The molecule has 0 unspecified atom stereocenters. The number of carbonyl (C=O) groups is 2. The summed E-state index contributed by atoms with van der Waals surface area (Å²) < 4.78 is 0. The predicted molar refractivity (Wildman–Crippen MR) is 109 cm³/mol. The van der Waals surface area contributed by atoms with Gasteiger partial charge in [-0.2, -0.15) is 0 Å². The van der Waals surface area contributed by atoms with Gasteiger partial charge in [0.1, 0.15) is 0 Å². The fourth-order valence-corrected chi connectivity index (χ4v) is 3.01. The first kappa shape index (κ1) is 27.9. The molecule has 0 aromatic heterocycles. The summed E-state index contributed by atoms with van der Waals surface area (Å²) in [6.07, 6.45) is 20.9. The standard InChI is InChI=1S/C20H38O4.C3H6/c21-19(22)17-15-13-11-9-7-5-3-1-2-4-6-8-10-12-14-16-18-20(23)24;1-3-2/h1-18H2,(H,21,22)(H,23,24);3H,1H2,2H3/p-2. The zero-order valence-corrected chi connectivity index (χ0v) is 17.6. The Kier molecular flexibility index (Phi) is 25.5. The van der Waals surface area contributed by atoms with Crippen molar-refractivity contribution in [3.63, 3.8) is 0 Å². The third-order valence-electron chi connectivity index (χ3n) is 4.51. The molecule has 0 saturated heterocycles. The Morgan fingerprint density at radius 2 is 0.704 bits per heavy atom. The minimum absolute atomic E-state index is 0.208. The second-order valence-corrected chi connectivity index (χ2v) is 7.31. The van der Waals surface area contributed by atoms with E-state index >= 15 is 0 Å². The van der Waals surface area contributed by atoms with Crippen LogP contribution in [0.15, 0.2) is 12.7 Å². The molecule has 0 bridgehead atoms. The van der Waals surface area contributed by atoms with Crippen molar-refractivity contribution in [2.24, 2.45) is 0 Å². The maximum absolute atomic E-state index is 10.2. The summed E-state index contributed by atoms with van der Waals surface area (Å²) in [4.78, 5) is 20.5. The molecule has 4 heteroatoms. The van der Waals surface area contributed by atoms with Gasteiger partial charge < -0.3 is 19.8 Å². The Morgan fingerprint density at radius 1 is 0.556 bits per heavy atom. The monoisotopic (exact) mass is 382 g/mol. The van der Waals surface area contributed by atoms with E-state index < -0.39 is 11.9 Å². The van der Waals surface area contributed by atoms with Crippen molar-refractivity contribution in [1.29, 1.82) is 0 Å². The van der Waals surface area contributed by atoms with E-state index in [0.717, 1.165) is 38.5 Å². The second kappa shape index (κ2) is 24.7. The summed E-state index contributed by atoms with van der Waals surface area (Å²) in [5, 5.41) is 20.5. The van der Waals surface area contributed by atoms with Gasteiger partial charge >= 0.3 is 0 Å². The summed E-state index contributed by atoms with van der Waals surface area (Å²) in [5.41, 5.74) is 0. The van der Waals surface area contributed by atoms with E-state index in [1.807, 2.05) is 6.92 Å². The normalized spacial score (nSPS) is 10.1. The maximum Gasteiger partial charge on any atom is 0.0414 e. The lowest BCUT2D eigenvalue weighted by Gasteiger charge is -2.04. The molecule has 0 aromatic carbocycles. The van der Waals surface area contributed by atoms with Crippen LogP contribution in [0.3, 0.4) is 0 Å². The molecule has 0 aromatic rings. The van der Waals surface area contributed by atoms with Crippen molar-refractivity contribution in [3.8, 4) is 0 Å². The zero-order valence-electron chi connectivity index (χ0n) is 17.6. The first-order valence-corrected chi connectivity index (χ1v) is 11.0. The minimum atomic E-state index is -0.925. The largest absolute Gasteiger partial charge is 0.550 e. The van der Waals surface area contributed by atoms with E-state index in [9.17, 15) is 19.8 Å². The molecule has 0 aliphatic heterocycles. The van der Waals surface area contributed by atoms with Crippen LogP contribution in [0.2, 0.25) is 0 Å². The van der Waals surface area contributed by atoms with Gasteiger partial charge in [-0.15, -0.1) is 6.58 Å². The van der Waals surface area contributed by atoms with E-state index in [4.69, 9.17) is 0 Å². The number of allylic oxidation sites excluding steroid dienone is 1. The van der Waals surface area contributed by atoms with Crippen LogP contribution in [-0.2, 0) is 9.59 Å². The Bertz CT molecular complexity index is 309. The van der Waals surface area contributed by atoms with E-state index in [1.165, 1.54) is 64.2 Å². The molecule has 0 atom stereocenters. The fraction of sp³-hybridized carbons (Fsp3) is 0.826. The van der Waals surface area contributed by atoms with Crippen LogP contribution in [-0.4, -0.2) is 11.9 Å². The number of rotatable bonds is 19. The van der Waals surface area contributed by atoms with Gasteiger partial charge in [-0.3, -0.25) is 0 Å². The molecular weight excluding hydrogens is 340 g/mol. The number of carboxylic acids is 2. The predicted octanol–water partition coefficient (Wildman–Crippen LogP) is 4.70. The average Bonchev–Trinajstić information content (AvgIpc) is 2.61. The maximum atomic E-state index is 10.2. The van der Waals surface area contributed by atoms with Crippen molar-refractivity contribution >= 4 is 11.9 Å². The number of unbranched alkanes of at least 4 members (excludes halogenated alkanes) is 15. The lowest BCUT2D eigenvalue weighted by molar-refractivity contribution is -0.307.